The van der Waals surface area contributed by atoms with Crippen LogP contribution in [0, 0.1) is 0 Å². The number of rotatable bonds is 6. The highest BCUT2D eigenvalue weighted by Crippen LogP contribution is 2.27. The van der Waals surface area contributed by atoms with Gasteiger partial charge in [0.2, 0.25) is 10.9 Å². The smallest absolute Gasteiger partial charge is 0.314 e. The van der Waals surface area contributed by atoms with E-state index in [-0.39, 0.29) is 5.78 Å². The van der Waals surface area contributed by atoms with E-state index in [1.165, 1.54) is 18.3 Å². The minimum Gasteiger partial charge on any atom is -0.453 e. The molecule has 0 fully saturated rings. The number of esters is 1. The Morgan fingerprint density at radius 3 is 2.30 bits per heavy atom. The Bertz CT molecular complexity index is 721. The molecule has 2 rings (SSSR count). The van der Waals surface area contributed by atoms with Crippen LogP contribution in [0.3, 0.4) is 0 Å². The van der Waals surface area contributed by atoms with E-state index in [1.54, 1.807) is 43.3 Å². The molecule has 120 valence electrons. The summed E-state index contributed by atoms with van der Waals surface area (Å²) in [7, 11) is 0. The summed E-state index contributed by atoms with van der Waals surface area (Å²) >= 11 is 4.89. The first kappa shape index (κ1) is 17.4. The van der Waals surface area contributed by atoms with Gasteiger partial charge < -0.3 is 4.74 Å². The fourth-order valence-electron chi connectivity index (χ4n) is 1.88. The number of thiol groups is 1. The van der Waals surface area contributed by atoms with Crippen molar-refractivity contribution in [3.05, 3.63) is 57.8 Å². The monoisotopic (exact) mass is 348 g/mol. The molecule has 1 heterocycles. The van der Waals surface area contributed by atoms with E-state index < -0.39 is 23.1 Å². The second-order valence-electron chi connectivity index (χ2n) is 5.04. The Labute approximate surface area is 143 Å². The van der Waals surface area contributed by atoms with Crippen molar-refractivity contribution in [2.45, 2.75) is 25.9 Å². The van der Waals surface area contributed by atoms with Crippen molar-refractivity contribution in [3.63, 3.8) is 0 Å². The zero-order chi connectivity index (χ0) is 17.0. The molecule has 2 atom stereocenters. The molecular weight excluding hydrogens is 332 g/mol. The maximum atomic E-state index is 12.4. The molecular formula is C17H16O4S2. The highest BCUT2D eigenvalue weighted by Gasteiger charge is 2.24. The first-order chi connectivity index (χ1) is 10.9. The van der Waals surface area contributed by atoms with Crippen LogP contribution < -0.4 is 0 Å². The molecule has 0 N–H and O–H groups in total. The van der Waals surface area contributed by atoms with Gasteiger partial charge in [0, 0.05) is 10.4 Å². The average Bonchev–Trinajstić information content (AvgIpc) is 3.03. The van der Waals surface area contributed by atoms with Crippen LogP contribution in [0.5, 0.6) is 0 Å². The summed E-state index contributed by atoms with van der Waals surface area (Å²) in [4.78, 5) is 36.7. The molecule has 0 aliphatic heterocycles. The number of carbonyl (C=O) groups excluding carboxylic acids is 3. The summed E-state index contributed by atoms with van der Waals surface area (Å²) in [5.74, 6) is -1.14. The number of benzene rings is 1. The minimum absolute atomic E-state index is 0.0821. The van der Waals surface area contributed by atoms with Crippen LogP contribution in [0.1, 0.15) is 39.9 Å². The Morgan fingerprint density at radius 2 is 1.70 bits per heavy atom. The first-order valence-electron chi connectivity index (χ1n) is 7.03. The molecule has 0 amide bonds. The van der Waals surface area contributed by atoms with Gasteiger partial charge in [0.15, 0.2) is 6.10 Å². The molecule has 6 heteroatoms. The van der Waals surface area contributed by atoms with E-state index in [2.05, 4.69) is 12.6 Å². The van der Waals surface area contributed by atoms with Gasteiger partial charge in [-0.05, 0) is 26.0 Å². The number of ether oxygens (including phenoxy) is 1. The zero-order valence-corrected chi connectivity index (χ0v) is 14.4. The summed E-state index contributed by atoms with van der Waals surface area (Å²) in [6.45, 7) is 3.15. The molecule has 0 saturated carbocycles. The summed E-state index contributed by atoms with van der Waals surface area (Å²) in [5.41, 5.74) is 0.602. The fraction of sp³-hybridized carbons (Fsp3) is 0.235. The fourth-order valence-corrected chi connectivity index (χ4v) is 2.94. The predicted octanol–water partition coefficient (Wildman–Crippen LogP) is 3.47. The van der Waals surface area contributed by atoms with E-state index in [4.69, 9.17) is 4.74 Å². The summed E-state index contributed by atoms with van der Waals surface area (Å²) in [6.07, 6.45) is -0.890. The van der Waals surface area contributed by atoms with Gasteiger partial charge in [-0.25, -0.2) is 0 Å². The van der Waals surface area contributed by atoms with Gasteiger partial charge in [-0.2, -0.15) is 0 Å². The third-order valence-corrected chi connectivity index (χ3v) is 4.94. The van der Waals surface area contributed by atoms with Crippen LogP contribution in [0.4, 0.5) is 0 Å². The van der Waals surface area contributed by atoms with Gasteiger partial charge >= 0.3 is 5.97 Å². The maximum Gasteiger partial charge on any atom is 0.314 e. The SMILES string of the molecule is C[C@H](OC(=O)[C@H](C)c1ccc(C(=O)c2ccccc2)s1)C(=O)S. The van der Waals surface area contributed by atoms with Crippen molar-refractivity contribution in [2.24, 2.45) is 0 Å². The van der Waals surface area contributed by atoms with Gasteiger partial charge in [-0.15, -0.1) is 24.0 Å². The minimum atomic E-state index is -0.890. The van der Waals surface area contributed by atoms with Crippen molar-refractivity contribution >= 4 is 40.8 Å². The Balaban J connectivity index is 2.11. The summed E-state index contributed by atoms with van der Waals surface area (Å²) < 4.78 is 5.04. The largest absolute Gasteiger partial charge is 0.453 e. The Hall–Kier alpha value is -1.92. The molecule has 2 aromatic rings. The van der Waals surface area contributed by atoms with Gasteiger partial charge in [0.1, 0.15) is 0 Å². The van der Waals surface area contributed by atoms with Crippen molar-refractivity contribution in [1.29, 1.82) is 0 Å². The molecule has 0 unspecified atom stereocenters. The molecule has 0 bridgehead atoms. The van der Waals surface area contributed by atoms with E-state index in [0.717, 1.165) is 0 Å². The Morgan fingerprint density at radius 1 is 1.04 bits per heavy atom. The summed E-state index contributed by atoms with van der Waals surface area (Å²) in [5, 5.41) is -0.503. The van der Waals surface area contributed by atoms with E-state index in [1.807, 2.05) is 6.07 Å². The van der Waals surface area contributed by atoms with Gasteiger partial charge in [-0.1, -0.05) is 30.3 Å². The maximum absolute atomic E-state index is 12.4. The average molecular weight is 348 g/mol. The lowest BCUT2D eigenvalue weighted by Crippen LogP contribution is -2.23. The van der Waals surface area contributed by atoms with E-state index in [9.17, 15) is 14.4 Å². The zero-order valence-electron chi connectivity index (χ0n) is 12.7. The van der Waals surface area contributed by atoms with Crippen LogP contribution >= 0.6 is 24.0 Å². The molecule has 1 aromatic carbocycles. The second-order valence-corrected chi connectivity index (χ2v) is 6.59. The van der Waals surface area contributed by atoms with Crippen molar-refractivity contribution in [3.8, 4) is 0 Å². The van der Waals surface area contributed by atoms with E-state index in [0.29, 0.717) is 15.3 Å². The number of hydrogen-bond donors (Lipinski definition) is 1. The van der Waals surface area contributed by atoms with Crippen LogP contribution in [-0.2, 0) is 14.3 Å². The van der Waals surface area contributed by atoms with Gasteiger partial charge in [0.05, 0.1) is 10.8 Å². The molecule has 0 radical (unpaired) electrons. The predicted molar refractivity (Wildman–Crippen MR) is 92.2 cm³/mol. The number of ketones is 1. The highest BCUT2D eigenvalue weighted by molar-refractivity contribution is 7.96. The van der Waals surface area contributed by atoms with Crippen molar-refractivity contribution in [1.82, 2.24) is 0 Å². The second kappa shape index (κ2) is 7.57. The molecule has 4 nitrogen and oxygen atoms in total. The lowest BCUT2D eigenvalue weighted by molar-refractivity contribution is -0.152. The third kappa shape index (κ3) is 4.30. The quantitative estimate of drug-likeness (QED) is 0.493. The molecule has 0 aliphatic carbocycles. The molecule has 0 aliphatic rings. The third-order valence-electron chi connectivity index (χ3n) is 3.31. The molecule has 23 heavy (non-hydrogen) atoms. The lowest BCUT2D eigenvalue weighted by atomic mass is 10.1. The topological polar surface area (TPSA) is 60.4 Å². The van der Waals surface area contributed by atoms with Crippen molar-refractivity contribution in [2.75, 3.05) is 0 Å². The van der Waals surface area contributed by atoms with Crippen LogP contribution in [0.25, 0.3) is 0 Å². The van der Waals surface area contributed by atoms with Gasteiger partial charge in [0.25, 0.3) is 0 Å². The van der Waals surface area contributed by atoms with Crippen LogP contribution in [-0.4, -0.2) is 23.0 Å². The first-order valence-corrected chi connectivity index (χ1v) is 8.29. The van der Waals surface area contributed by atoms with Crippen molar-refractivity contribution < 1.29 is 19.1 Å². The van der Waals surface area contributed by atoms with Crippen LogP contribution in [0.15, 0.2) is 42.5 Å². The number of carbonyl (C=O) groups is 3. The molecule has 0 spiro atoms. The molecule has 0 saturated heterocycles. The lowest BCUT2D eigenvalue weighted by Gasteiger charge is -2.13. The van der Waals surface area contributed by atoms with Gasteiger partial charge in [-0.3, -0.25) is 14.4 Å². The Kier molecular flexibility index (Phi) is 5.74. The van der Waals surface area contributed by atoms with Crippen LogP contribution in [0.2, 0.25) is 0 Å². The normalized spacial score (nSPS) is 13.2. The van der Waals surface area contributed by atoms with E-state index >= 15 is 0 Å². The number of thiophene rings is 1. The molecule has 1 aromatic heterocycles. The number of hydrogen-bond acceptors (Lipinski definition) is 5. The standard InChI is InChI=1S/C17H16O4S2/c1-10(16(19)21-11(2)17(20)22)13-8-9-14(23-13)15(18)12-6-4-3-5-7-12/h3-11H,1-2H3,(H,20,22)/t10-,11+/m1/s1. The summed E-state index contributed by atoms with van der Waals surface area (Å²) in [6, 6.07) is 12.4. The highest BCUT2D eigenvalue weighted by atomic mass is 32.1.